The molecular formula is C19H19ClN2O3S. The van der Waals surface area contributed by atoms with Gasteiger partial charge >= 0.3 is 5.97 Å². The van der Waals surface area contributed by atoms with Crippen molar-refractivity contribution in [1.82, 2.24) is 9.55 Å². The molecule has 5 nitrogen and oxygen atoms in total. The molecule has 7 heteroatoms. The summed E-state index contributed by atoms with van der Waals surface area (Å²) in [6, 6.07) is 7.43. The fourth-order valence-electron chi connectivity index (χ4n) is 2.91. The second-order valence-electron chi connectivity index (χ2n) is 6.25. The lowest BCUT2D eigenvalue weighted by atomic mass is 10.1. The molecule has 3 aromatic rings. The van der Waals surface area contributed by atoms with Crippen molar-refractivity contribution < 1.29 is 9.90 Å². The Morgan fingerprint density at radius 1 is 1.27 bits per heavy atom. The Bertz CT molecular complexity index is 1020. The molecule has 0 atom stereocenters. The van der Waals surface area contributed by atoms with Crippen LogP contribution in [0.3, 0.4) is 0 Å². The number of fused-ring (bicyclic) bond motifs is 1. The van der Waals surface area contributed by atoms with Crippen LogP contribution >= 0.6 is 22.9 Å². The van der Waals surface area contributed by atoms with Crippen molar-refractivity contribution in [2.75, 3.05) is 0 Å². The maximum atomic E-state index is 13.1. The normalized spacial score (nSPS) is 11.2. The van der Waals surface area contributed by atoms with Gasteiger partial charge in [0.25, 0.3) is 5.56 Å². The molecule has 3 rings (SSSR count). The summed E-state index contributed by atoms with van der Waals surface area (Å²) >= 11 is 7.46. The monoisotopic (exact) mass is 390 g/mol. The first kappa shape index (κ1) is 18.6. The molecule has 0 spiro atoms. The van der Waals surface area contributed by atoms with E-state index in [0.29, 0.717) is 35.6 Å². The highest BCUT2D eigenvalue weighted by molar-refractivity contribution is 7.18. The minimum absolute atomic E-state index is 0.0203. The van der Waals surface area contributed by atoms with Crippen molar-refractivity contribution in [3.05, 3.63) is 61.5 Å². The standard InChI is InChI=1S/C19H19ClN2O3S/c1-11-12(2)26-18-17(11)19(25)22(9-3-4-16(23)24)15(21-18)10-13-5-7-14(20)8-6-13/h5-8H,3-4,9-10H2,1-2H3,(H,23,24). The third kappa shape index (κ3) is 3.81. The number of carboxylic acids is 1. The van der Waals surface area contributed by atoms with Crippen molar-refractivity contribution >= 4 is 39.1 Å². The molecule has 0 aliphatic rings. The number of carboxylic acid groups (broad SMARTS) is 1. The number of rotatable bonds is 6. The molecule has 0 fully saturated rings. The molecular weight excluding hydrogens is 372 g/mol. The molecule has 0 amide bonds. The van der Waals surface area contributed by atoms with E-state index in [9.17, 15) is 9.59 Å². The fraction of sp³-hybridized carbons (Fsp3) is 0.316. The highest BCUT2D eigenvalue weighted by atomic mass is 35.5. The van der Waals surface area contributed by atoms with E-state index >= 15 is 0 Å². The van der Waals surface area contributed by atoms with E-state index in [-0.39, 0.29) is 12.0 Å². The van der Waals surface area contributed by atoms with Gasteiger partial charge in [0.1, 0.15) is 10.7 Å². The summed E-state index contributed by atoms with van der Waals surface area (Å²) < 4.78 is 1.62. The number of thiophene rings is 1. The fourth-order valence-corrected chi connectivity index (χ4v) is 4.07. The zero-order valence-corrected chi connectivity index (χ0v) is 16.2. The van der Waals surface area contributed by atoms with Crippen LogP contribution in [0, 0.1) is 13.8 Å². The van der Waals surface area contributed by atoms with Crippen molar-refractivity contribution in [1.29, 1.82) is 0 Å². The molecule has 0 radical (unpaired) electrons. The maximum Gasteiger partial charge on any atom is 0.303 e. The van der Waals surface area contributed by atoms with Crippen LogP contribution in [-0.4, -0.2) is 20.6 Å². The van der Waals surface area contributed by atoms with Gasteiger partial charge in [0, 0.05) is 29.3 Å². The Hall–Kier alpha value is -2.18. The van der Waals surface area contributed by atoms with E-state index in [1.807, 2.05) is 38.1 Å². The Morgan fingerprint density at radius 3 is 2.62 bits per heavy atom. The third-order valence-corrected chi connectivity index (χ3v) is 5.77. The van der Waals surface area contributed by atoms with E-state index in [4.69, 9.17) is 21.7 Å². The van der Waals surface area contributed by atoms with Gasteiger partial charge in [-0.05, 0) is 43.5 Å². The average molecular weight is 391 g/mol. The average Bonchev–Trinajstić information content (AvgIpc) is 2.86. The van der Waals surface area contributed by atoms with Gasteiger partial charge in [-0.3, -0.25) is 14.2 Å². The molecule has 0 saturated carbocycles. The van der Waals surface area contributed by atoms with Gasteiger partial charge in [0.15, 0.2) is 0 Å². The van der Waals surface area contributed by atoms with Gasteiger partial charge in [0.2, 0.25) is 0 Å². The lowest BCUT2D eigenvalue weighted by Gasteiger charge is -2.12. The van der Waals surface area contributed by atoms with Gasteiger partial charge in [-0.15, -0.1) is 11.3 Å². The maximum absolute atomic E-state index is 13.1. The first-order chi connectivity index (χ1) is 12.4. The van der Waals surface area contributed by atoms with E-state index in [1.165, 1.54) is 11.3 Å². The quantitative estimate of drug-likeness (QED) is 0.685. The molecule has 0 saturated heterocycles. The highest BCUT2D eigenvalue weighted by Gasteiger charge is 2.17. The second kappa shape index (κ2) is 7.60. The van der Waals surface area contributed by atoms with Gasteiger partial charge in [-0.2, -0.15) is 0 Å². The summed E-state index contributed by atoms with van der Waals surface area (Å²) in [4.78, 5) is 30.5. The molecule has 2 aromatic heterocycles. The second-order valence-corrected chi connectivity index (χ2v) is 7.89. The number of aryl methyl sites for hydroxylation is 2. The predicted molar refractivity (Wildman–Crippen MR) is 104 cm³/mol. The van der Waals surface area contributed by atoms with Crippen LogP contribution in [-0.2, 0) is 17.8 Å². The Kier molecular flexibility index (Phi) is 5.44. The van der Waals surface area contributed by atoms with Crippen LogP contribution in [0.1, 0.15) is 34.7 Å². The lowest BCUT2D eigenvalue weighted by molar-refractivity contribution is -0.137. The predicted octanol–water partition coefficient (Wildman–Crippen LogP) is 4.18. The molecule has 2 heterocycles. The van der Waals surface area contributed by atoms with Gasteiger partial charge in [0.05, 0.1) is 5.39 Å². The highest BCUT2D eigenvalue weighted by Crippen LogP contribution is 2.27. The largest absolute Gasteiger partial charge is 0.481 e. The van der Waals surface area contributed by atoms with Gasteiger partial charge < -0.3 is 5.11 Å². The van der Waals surface area contributed by atoms with Crippen LogP contribution in [0.5, 0.6) is 0 Å². The molecule has 1 aromatic carbocycles. The molecule has 0 bridgehead atoms. The SMILES string of the molecule is Cc1sc2nc(Cc3ccc(Cl)cc3)n(CCCC(=O)O)c(=O)c2c1C. The number of aliphatic carboxylic acids is 1. The summed E-state index contributed by atoms with van der Waals surface area (Å²) in [6.45, 7) is 4.25. The van der Waals surface area contributed by atoms with Crippen LogP contribution in [0.2, 0.25) is 5.02 Å². The van der Waals surface area contributed by atoms with Crippen LogP contribution in [0.25, 0.3) is 10.2 Å². The van der Waals surface area contributed by atoms with Gasteiger partial charge in [-0.25, -0.2) is 4.98 Å². The summed E-state index contributed by atoms with van der Waals surface area (Å²) in [6.07, 6.45) is 0.899. The van der Waals surface area contributed by atoms with E-state index in [0.717, 1.165) is 20.8 Å². The number of benzene rings is 1. The zero-order valence-electron chi connectivity index (χ0n) is 14.6. The Balaban J connectivity index is 2.07. The number of nitrogens with zero attached hydrogens (tertiary/aromatic N) is 2. The minimum atomic E-state index is -0.867. The minimum Gasteiger partial charge on any atom is -0.481 e. The molecule has 0 aliphatic heterocycles. The van der Waals surface area contributed by atoms with Crippen LogP contribution in [0.15, 0.2) is 29.1 Å². The number of hydrogen-bond donors (Lipinski definition) is 1. The molecule has 0 unspecified atom stereocenters. The summed E-state index contributed by atoms with van der Waals surface area (Å²) in [7, 11) is 0. The number of aromatic nitrogens is 2. The van der Waals surface area contributed by atoms with Crippen LogP contribution in [0.4, 0.5) is 0 Å². The summed E-state index contributed by atoms with van der Waals surface area (Å²) in [5.74, 6) is -0.217. The van der Waals surface area contributed by atoms with Gasteiger partial charge in [-0.1, -0.05) is 23.7 Å². The number of hydrogen-bond acceptors (Lipinski definition) is 4. The van der Waals surface area contributed by atoms with E-state index < -0.39 is 5.97 Å². The first-order valence-electron chi connectivity index (χ1n) is 8.32. The van der Waals surface area contributed by atoms with Crippen molar-refractivity contribution in [3.8, 4) is 0 Å². The Morgan fingerprint density at radius 2 is 1.96 bits per heavy atom. The third-order valence-electron chi connectivity index (χ3n) is 4.42. The lowest BCUT2D eigenvalue weighted by Crippen LogP contribution is -2.26. The topological polar surface area (TPSA) is 72.2 Å². The molecule has 1 N–H and O–H groups in total. The molecule has 0 aliphatic carbocycles. The molecule has 26 heavy (non-hydrogen) atoms. The Labute approximate surface area is 159 Å². The molecule has 136 valence electrons. The van der Waals surface area contributed by atoms with Crippen LogP contribution < -0.4 is 5.56 Å². The summed E-state index contributed by atoms with van der Waals surface area (Å²) in [5, 5.41) is 10.2. The van der Waals surface area contributed by atoms with E-state index in [2.05, 4.69) is 0 Å². The first-order valence-corrected chi connectivity index (χ1v) is 9.52. The number of carbonyl (C=O) groups is 1. The van der Waals surface area contributed by atoms with Crippen molar-refractivity contribution in [2.24, 2.45) is 0 Å². The van der Waals surface area contributed by atoms with Crippen molar-refractivity contribution in [2.45, 2.75) is 39.7 Å². The smallest absolute Gasteiger partial charge is 0.303 e. The van der Waals surface area contributed by atoms with Crippen molar-refractivity contribution in [3.63, 3.8) is 0 Å². The van der Waals surface area contributed by atoms with E-state index in [1.54, 1.807) is 4.57 Å². The summed E-state index contributed by atoms with van der Waals surface area (Å²) in [5.41, 5.74) is 1.86. The zero-order chi connectivity index (χ0) is 18.8. The number of halogens is 1.